The van der Waals surface area contributed by atoms with Gasteiger partial charge in [0.2, 0.25) is 5.91 Å². The van der Waals surface area contributed by atoms with Crippen molar-refractivity contribution in [2.24, 2.45) is 0 Å². The van der Waals surface area contributed by atoms with E-state index in [1.165, 1.54) is 0 Å². The Balaban J connectivity index is 1.45. The van der Waals surface area contributed by atoms with Gasteiger partial charge in [-0.1, -0.05) is 36.4 Å². The van der Waals surface area contributed by atoms with Crippen molar-refractivity contribution in [1.82, 2.24) is 9.55 Å². The second kappa shape index (κ2) is 7.81. The molecule has 31 heavy (non-hydrogen) atoms. The number of benzene rings is 3. The highest BCUT2D eigenvalue weighted by molar-refractivity contribution is 7.09. The molecule has 0 atom stereocenters. The lowest BCUT2D eigenvalue weighted by Crippen LogP contribution is -2.21. The quantitative estimate of drug-likeness (QED) is 0.401. The Morgan fingerprint density at radius 1 is 0.935 bits per heavy atom. The van der Waals surface area contributed by atoms with Crippen LogP contribution in [0.15, 0.2) is 83.0 Å². The van der Waals surface area contributed by atoms with E-state index in [1.54, 1.807) is 23.5 Å². The van der Waals surface area contributed by atoms with Gasteiger partial charge in [0.05, 0.1) is 21.7 Å². The summed E-state index contributed by atoms with van der Waals surface area (Å²) in [6.07, 6.45) is 0. The van der Waals surface area contributed by atoms with Crippen LogP contribution in [0.2, 0.25) is 0 Å². The molecule has 0 aliphatic heterocycles. The Hall–Kier alpha value is -3.77. The van der Waals surface area contributed by atoms with Crippen LogP contribution in [-0.2, 0) is 11.3 Å². The molecule has 2 heterocycles. The van der Waals surface area contributed by atoms with Gasteiger partial charge in [0.1, 0.15) is 6.54 Å². The van der Waals surface area contributed by atoms with Crippen molar-refractivity contribution in [3.05, 3.63) is 93.4 Å². The number of thiazole rings is 1. The Morgan fingerprint density at radius 2 is 1.55 bits per heavy atom. The number of nitrogens with zero attached hydrogens (tertiary/aromatic N) is 2. The van der Waals surface area contributed by atoms with E-state index < -0.39 is 0 Å². The molecule has 0 spiro atoms. The summed E-state index contributed by atoms with van der Waals surface area (Å²) in [5.41, 5.74) is 4.14. The third-order valence-corrected chi connectivity index (χ3v) is 6.04. The fourth-order valence-electron chi connectivity index (χ4n) is 3.81. The monoisotopic (exact) mass is 425 g/mol. The molecule has 152 valence electrons. The predicted octanol–water partition coefficient (Wildman–Crippen LogP) is 5.23. The summed E-state index contributed by atoms with van der Waals surface area (Å²) in [4.78, 5) is 30.2. The van der Waals surface area contributed by atoms with Gasteiger partial charge in [-0.2, -0.15) is 0 Å². The lowest BCUT2D eigenvalue weighted by atomic mass is 10.1. The van der Waals surface area contributed by atoms with Crippen LogP contribution in [0, 0.1) is 6.92 Å². The normalized spacial score (nSPS) is 11.1. The Morgan fingerprint density at radius 3 is 2.13 bits per heavy atom. The summed E-state index contributed by atoms with van der Waals surface area (Å²) in [7, 11) is 0. The van der Waals surface area contributed by atoms with Crippen molar-refractivity contribution in [3.8, 4) is 11.3 Å². The molecule has 6 heteroatoms. The van der Waals surface area contributed by atoms with Crippen molar-refractivity contribution >= 4 is 44.7 Å². The van der Waals surface area contributed by atoms with E-state index in [0.717, 1.165) is 33.0 Å². The summed E-state index contributed by atoms with van der Waals surface area (Å²) >= 11 is 1.61. The molecular formula is C25H19N3O2S. The molecule has 0 saturated carbocycles. The molecule has 0 saturated heterocycles. The predicted molar refractivity (Wildman–Crippen MR) is 127 cm³/mol. The fraction of sp³-hybridized carbons (Fsp3) is 0.0800. The number of carbonyl (C=O) groups excluding carboxylic acids is 1. The molecule has 0 bridgehead atoms. The van der Waals surface area contributed by atoms with Gasteiger partial charge in [0, 0.05) is 27.4 Å². The Kier molecular flexibility index (Phi) is 4.84. The van der Waals surface area contributed by atoms with Gasteiger partial charge in [0.25, 0.3) is 0 Å². The molecule has 0 aliphatic rings. The number of hydrogen-bond donors (Lipinski definition) is 1. The minimum Gasteiger partial charge on any atom is -0.331 e. The van der Waals surface area contributed by atoms with Crippen LogP contribution in [-0.4, -0.2) is 15.5 Å². The van der Waals surface area contributed by atoms with Gasteiger partial charge >= 0.3 is 0 Å². The molecule has 1 N–H and O–H groups in total. The van der Waals surface area contributed by atoms with E-state index in [9.17, 15) is 9.59 Å². The van der Waals surface area contributed by atoms with E-state index in [4.69, 9.17) is 0 Å². The number of pyridine rings is 1. The molecule has 0 fully saturated rings. The lowest BCUT2D eigenvalue weighted by Gasteiger charge is -2.15. The van der Waals surface area contributed by atoms with Crippen LogP contribution in [0.3, 0.4) is 0 Å². The van der Waals surface area contributed by atoms with Gasteiger partial charge in [-0.3, -0.25) is 9.59 Å². The van der Waals surface area contributed by atoms with Gasteiger partial charge in [-0.25, -0.2) is 4.98 Å². The Bertz CT molecular complexity index is 1420. The van der Waals surface area contributed by atoms with Crippen LogP contribution >= 0.6 is 11.3 Å². The van der Waals surface area contributed by atoms with Gasteiger partial charge in [0.15, 0.2) is 5.43 Å². The van der Waals surface area contributed by atoms with Crippen LogP contribution in [0.1, 0.15) is 5.01 Å². The molecule has 0 radical (unpaired) electrons. The Labute approximate surface area is 182 Å². The summed E-state index contributed by atoms with van der Waals surface area (Å²) in [6.45, 7) is 2.08. The number of nitrogens with one attached hydrogen (secondary N) is 1. The first-order valence-electron chi connectivity index (χ1n) is 9.93. The smallest absolute Gasteiger partial charge is 0.244 e. The van der Waals surface area contributed by atoms with E-state index in [-0.39, 0.29) is 17.9 Å². The first kappa shape index (κ1) is 19.2. The SMILES string of the molecule is Cc1nc(-c2ccc(NC(=O)Cn3c4ccccc4c(=O)c4ccccc43)cc2)cs1. The van der Waals surface area contributed by atoms with Crippen molar-refractivity contribution in [3.63, 3.8) is 0 Å². The maximum absolute atomic E-state index is 12.9. The average molecular weight is 426 g/mol. The zero-order valence-corrected chi connectivity index (χ0v) is 17.6. The van der Waals surface area contributed by atoms with Crippen molar-refractivity contribution < 1.29 is 4.79 Å². The average Bonchev–Trinajstić information content (AvgIpc) is 3.23. The first-order chi connectivity index (χ1) is 15.1. The zero-order chi connectivity index (χ0) is 21.4. The molecule has 5 rings (SSSR count). The standard InChI is InChI=1S/C25H19N3O2S/c1-16-26-21(15-31-16)17-10-12-18(13-11-17)27-24(29)14-28-22-8-4-2-6-19(22)25(30)20-7-3-5-9-23(20)28/h2-13,15H,14H2,1H3,(H,27,29). The number of para-hydroxylation sites is 2. The third kappa shape index (κ3) is 3.62. The number of hydrogen-bond acceptors (Lipinski definition) is 4. The minimum absolute atomic E-state index is 0.0178. The van der Waals surface area contributed by atoms with Gasteiger partial charge < -0.3 is 9.88 Å². The van der Waals surface area contributed by atoms with E-state index in [2.05, 4.69) is 10.3 Å². The first-order valence-corrected chi connectivity index (χ1v) is 10.8. The van der Waals surface area contributed by atoms with Crippen LogP contribution in [0.25, 0.3) is 33.1 Å². The fourth-order valence-corrected chi connectivity index (χ4v) is 4.43. The van der Waals surface area contributed by atoms with E-state index in [1.807, 2.05) is 77.5 Å². The molecule has 3 aromatic carbocycles. The molecule has 0 aliphatic carbocycles. The van der Waals surface area contributed by atoms with Crippen LogP contribution in [0.5, 0.6) is 0 Å². The summed E-state index contributed by atoms with van der Waals surface area (Å²) < 4.78 is 1.90. The van der Waals surface area contributed by atoms with Gasteiger partial charge in [-0.05, 0) is 43.3 Å². The van der Waals surface area contributed by atoms with E-state index >= 15 is 0 Å². The molecule has 5 nitrogen and oxygen atoms in total. The topological polar surface area (TPSA) is 64.0 Å². The lowest BCUT2D eigenvalue weighted by molar-refractivity contribution is -0.116. The highest BCUT2D eigenvalue weighted by Crippen LogP contribution is 2.23. The largest absolute Gasteiger partial charge is 0.331 e. The molecule has 0 unspecified atom stereocenters. The number of amides is 1. The summed E-state index contributed by atoms with van der Waals surface area (Å²) in [6, 6.07) is 22.5. The highest BCUT2D eigenvalue weighted by atomic mass is 32.1. The van der Waals surface area contributed by atoms with Crippen LogP contribution in [0.4, 0.5) is 5.69 Å². The number of aryl methyl sites for hydroxylation is 1. The number of carbonyl (C=O) groups is 1. The van der Waals surface area contributed by atoms with Crippen LogP contribution < -0.4 is 10.7 Å². The minimum atomic E-state index is -0.156. The highest BCUT2D eigenvalue weighted by Gasteiger charge is 2.13. The van der Waals surface area contributed by atoms with Crippen molar-refractivity contribution in [2.75, 3.05) is 5.32 Å². The zero-order valence-electron chi connectivity index (χ0n) is 16.8. The maximum atomic E-state index is 12.9. The van der Waals surface area contributed by atoms with Gasteiger partial charge in [-0.15, -0.1) is 11.3 Å². The maximum Gasteiger partial charge on any atom is 0.244 e. The summed E-state index contributed by atoms with van der Waals surface area (Å²) in [5, 5.41) is 7.22. The number of anilines is 1. The summed E-state index contributed by atoms with van der Waals surface area (Å²) in [5.74, 6) is -0.156. The number of aromatic nitrogens is 2. The second-order valence-electron chi connectivity index (χ2n) is 7.33. The molecular weight excluding hydrogens is 406 g/mol. The molecule has 1 amide bonds. The number of rotatable bonds is 4. The third-order valence-electron chi connectivity index (χ3n) is 5.26. The second-order valence-corrected chi connectivity index (χ2v) is 8.39. The van der Waals surface area contributed by atoms with Crippen molar-refractivity contribution in [2.45, 2.75) is 13.5 Å². The molecule has 2 aromatic heterocycles. The van der Waals surface area contributed by atoms with E-state index in [0.29, 0.717) is 10.8 Å². The molecule has 5 aromatic rings. The number of fused-ring (bicyclic) bond motifs is 2. The van der Waals surface area contributed by atoms with Crippen molar-refractivity contribution in [1.29, 1.82) is 0 Å².